The molecular weight excluding hydrogens is 270 g/mol. The summed E-state index contributed by atoms with van der Waals surface area (Å²) in [5.41, 5.74) is 5.70. The van der Waals surface area contributed by atoms with E-state index in [1.165, 1.54) is 6.07 Å². The first-order chi connectivity index (χ1) is 9.32. The molecule has 0 aromatic heterocycles. The van der Waals surface area contributed by atoms with Crippen molar-refractivity contribution in [3.63, 3.8) is 0 Å². The van der Waals surface area contributed by atoms with Gasteiger partial charge in [0.25, 0.3) is 5.97 Å². The van der Waals surface area contributed by atoms with Crippen LogP contribution in [0.2, 0.25) is 0 Å². The Morgan fingerprint density at radius 1 is 1.25 bits per heavy atom. The lowest BCUT2D eigenvalue weighted by Crippen LogP contribution is -2.36. The van der Waals surface area contributed by atoms with Gasteiger partial charge in [-0.15, -0.1) is 0 Å². The molecule has 0 radical (unpaired) electrons. The van der Waals surface area contributed by atoms with Crippen LogP contribution in [0.25, 0.3) is 0 Å². The molecular formula is C12H15NO7. The normalized spacial score (nSPS) is 14.8. The van der Waals surface area contributed by atoms with E-state index in [1.54, 1.807) is 12.1 Å². The molecule has 0 bridgehead atoms. The van der Waals surface area contributed by atoms with Gasteiger partial charge in [-0.3, -0.25) is 9.59 Å². The van der Waals surface area contributed by atoms with Gasteiger partial charge in [0, 0.05) is 6.92 Å². The summed E-state index contributed by atoms with van der Waals surface area (Å²) in [6.07, 6.45) is -1.27. The summed E-state index contributed by atoms with van der Waals surface area (Å²) in [7, 11) is 0. The van der Waals surface area contributed by atoms with Crippen molar-refractivity contribution in [2.75, 3.05) is 6.79 Å². The number of hydrogen-bond donors (Lipinski definition) is 4. The van der Waals surface area contributed by atoms with Crippen molar-refractivity contribution in [2.24, 2.45) is 5.73 Å². The van der Waals surface area contributed by atoms with Crippen molar-refractivity contribution in [3.8, 4) is 11.5 Å². The van der Waals surface area contributed by atoms with Gasteiger partial charge >= 0.3 is 5.97 Å². The lowest BCUT2D eigenvalue weighted by molar-refractivity contribution is -0.141. The molecule has 2 rings (SSSR count). The molecule has 1 aliphatic heterocycles. The SMILES string of the molecule is CC(=O)O.N[C@H](C(=O)O)C(O)c1ccc2c(c1)OCO2. The van der Waals surface area contributed by atoms with Crippen LogP contribution in [-0.4, -0.2) is 40.1 Å². The van der Waals surface area contributed by atoms with Crippen LogP contribution in [0.4, 0.5) is 0 Å². The maximum absolute atomic E-state index is 10.6. The molecule has 8 heteroatoms. The van der Waals surface area contributed by atoms with E-state index in [0.29, 0.717) is 17.1 Å². The fraction of sp³-hybridized carbons (Fsp3) is 0.333. The molecule has 0 spiro atoms. The maximum Gasteiger partial charge on any atom is 0.323 e. The number of benzene rings is 1. The van der Waals surface area contributed by atoms with Crippen LogP contribution in [0.15, 0.2) is 18.2 Å². The molecule has 8 nitrogen and oxygen atoms in total. The standard InChI is InChI=1S/C10H11NO5.C2H4O2/c11-8(10(13)14)9(12)5-1-2-6-7(3-5)16-4-15-6;1-2(3)4/h1-3,8-9,12H,4,11H2,(H,13,14);1H3,(H,3,4)/t8-,9?;/m0./s1. The van der Waals surface area contributed by atoms with Gasteiger partial charge in [-0.25, -0.2) is 0 Å². The van der Waals surface area contributed by atoms with E-state index < -0.39 is 24.1 Å². The molecule has 0 amide bonds. The number of fused-ring (bicyclic) bond motifs is 1. The molecule has 0 saturated heterocycles. The molecule has 1 unspecified atom stereocenters. The molecule has 1 aromatic rings. The van der Waals surface area contributed by atoms with E-state index in [0.717, 1.165) is 6.92 Å². The Balaban J connectivity index is 0.000000444. The predicted molar refractivity (Wildman–Crippen MR) is 66.4 cm³/mol. The number of aliphatic carboxylic acids is 2. The van der Waals surface area contributed by atoms with Gasteiger partial charge in [-0.1, -0.05) is 6.07 Å². The summed E-state index contributed by atoms with van der Waals surface area (Å²) < 4.78 is 10.2. The van der Waals surface area contributed by atoms with Gasteiger partial charge in [0.05, 0.1) is 0 Å². The van der Waals surface area contributed by atoms with Crippen molar-refractivity contribution < 1.29 is 34.4 Å². The smallest absolute Gasteiger partial charge is 0.323 e. The third kappa shape index (κ3) is 4.11. The van der Waals surface area contributed by atoms with Crippen molar-refractivity contribution in [1.29, 1.82) is 0 Å². The minimum Gasteiger partial charge on any atom is -0.481 e. The number of hydrogen-bond acceptors (Lipinski definition) is 6. The molecule has 20 heavy (non-hydrogen) atoms. The lowest BCUT2D eigenvalue weighted by Gasteiger charge is -2.15. The Morgan fingerprint density at radius 3 is 2.35 bits per heavy atom. The zero-order valence-electron chi connectivity index (χ0n) is 10.6. The van der Waals surface area contributed by atoms with Gasteiger partial charge in [-0.2, -0.15) is 0 Å². The van der Waals surface area contributed by atoms with Crippen molar-refractivity contribution in [1.82, 2.24) is 0 Å². The number of aliphatic hydroxyl groups is 1. The number of ether oxygens (including phenoxy) is 2. The Labute approximate surface area is 114 Å². The molecule has 0 fully saturated rings. The van der Waals surface area contributed by atoms with Crippen LogP contribution in [0.5, 0.6) is 11.5 Å². The molecule has 110 valence electrons. The van der Waals surface area contributed by atoms with E-state index in [9.17, 15) is 9.90 Å². The second-order valence-corrected chi connectivity index (χ2v) is 3.94. The van der Waals surface area contributed by atoms with Crippen LogP contribution in [-0.2, 0) is 9.59 Å². The lowest BCUT2D eigenvalue weighted by atomic mass is 10.0. The summed E-state index contributed by atoms with van der Waals surface area (Å²) >= 11 is 0. The summed E-state index contributed by atoms with van der Waals surface area (Å²) in [4.78, 5) is 19.6. The van der Waals surface area contributed by atoms with E-state index >= 15 is 0 Å². The highest BCUT2D eigenvalue weighted by Gasteiger charge is 2.25. The summed E-state index contributed by atoms with van der Waals surface area (Å²) in [5.74, 6) is -1.04. The van der Waals surface area contributed by atoms with Crippen LogP contribution in [0.3, 0.4) is 0 Å². The number of carbonyl (C=O) groups is 2. The minimum absolute atomic E-state index is 0.125. The molecule has 0 aliphatic carbocycles. The van der Waals surface area contributed by atoms with E-state index in [2.05, 4.69) is 0 Å². The minimum atomic E-state index is -1.36. The first-order valence-corrected chi connectivity index (χ1v) is 5.58. The number of carboxylic acid groups (broad SMARTS) is 2. The summed E-state index contributed by atoms with van der Waals surface area (Å²) in [6, 6.07) is 3.33. The first-order valence-electron chi connectivity index (χ1n) is 5.58. The summed E-state index contributed by atoms with van der Waals surface area (Å²) in [6.45, 7) is 1.21. The molecule has 5 N–H and O–H groups in total. The number of nitrogens with two attached hydrogens (primary N) is 1. The molecule has 2 atom stereocenters. The zero-order valence-corrected chi connectivity index (χ0v) is 10.6. The van der Waals surface area contributed by atoms with Crippen molar-refractivity contribution in [3.05, 3.63) is 23.8 Å². The monoisotopic (exact) mass is 285 g/mol. The first kappa shape index (κ1) is 15.7. The van der Waals surface area contributed by atoms with Crippen molar-refractivity contribution >= 4 is 11.9 Å². The average Bonchev–Trinajstić information content (AvgIpc) is 2.83. The maximum atomic E-state index is 10.6. The van der Waals surface area contributed by atoms with Gasteiger partial charge in [0.2, 0.25) is 6.79 Å². The van der Waals surface area contributed by atoms with Crippen LogP contribution in [0, 0.1) is 0 Å². The van der Waals surface area contributed by atoms with Gasteiger partial charge in [-0.05, 0) is 17.7 Å². The van der Waals surface area contributed by atoms with Gasteiger partial charge < -0.3 is 30.5 Å². The molecule has 0 saturated carbocycles. The average molecular weight is 285 g/mol. The third-order valence-electron chi connectivity index (χ3n) is 2.36. The Hall–Kier alpha value is -2.32. The molecule has 1 aromatic carbocycles. The van der Waals surface area contributed by atoms with E-state index in [1.807, 2.05) is 0 Å². The highest BCUT2D eigenvalue weighted by molar-refractivity contribution is 5.74. The number of aliphatic hydroxyl groups excluding tert-OH is 1. The fourth-order valence-electron chi connectivity index (χ4n) is 1.44. The third-order valence-corrected chi connectivity index (χ3v) is 2.36. The predicted octanol–water partition coefficient (Wildman–Crippen LogP) is -0.0485. The van der Waals surface area contributed by atoms with Crippen LogP contribution in [0.1, 0.15) is 18.6 Å². The second kappa shape index (κ2) is 6.73. The topological polar surface area (TPSA) is 139 Å². The van der Waals surface area contributed by atoms with E-state index in [-0.39, 0.29) is 6.79 Å². The Bertz CT molecular complexity index is 499. The number of carboxylic acids is 2. The number of rotatable bonds is 3. The molecule has 1 aliphatic rings. The van der Waals surface area contributed by atoms with Gasteiger partial charge in [0.1, 0.15) is 12.1 Å². The second-order valence-electron chi connectivity index (χ2n) is 3.94. The summed E-state index contributed by atoms with van der Waals surface area (Å²) in [5, 5.41) is 25.8. The van der Waals surface area contributed by atoms with Gasteiger partial charge in [0.15, 0.2) is 11.5 Å². The Morgan fingerprint density at radius 2 is 1.80 bits per heavy atom. The Kier molecular flexibility index (Phi) is 5.30. The largest absolute Gasteiger partial charge is 0.481 e. The highest BCUT2D eigenvalue weighted by atomic mass is 16.7. The quantitative estimate of drug-likeness (QED) is 0.606. The van der Waals surface area contributed by atoms with Crippen LogP contribution >= 0.6 is 0 Å². The highest BCUT2D eigenvalue weighted by Crippen LogP contribution is 2.34. The van der Waals surface area contributed by atoms with Crippen molar-refractivity contribution in [2.45, 2.75) is 19.1 Å². The van der Waals surface area contributed by atoms with Crippen LogP contribution < -0.4 is 15.2 Å². The van der Waals surface area contributed by atoms with E-state index in [4.69, 9.17) is 30.2 Å². The zero-order chi connectivity index (χ0) is 15.3. The molecule has 1 heterocycles. The fourth-order valence-corrected chi connectivity index (χ4v) is 1.44.